The SMILES string of the molecule is CCCCCCCCCCCCCCCCCCCCC(O)C(CO)NC(=O)CCCCCCCCCCCCCCCCCCOC(=O)CCCCCCCCCCCCCCCCC. The number of esters is 1. The zero-order valence-electron chi connectivity index (χ0n) is 45.0. The summed E-state index contributed by atoms with van der Waals surface area (Å²) in [4.78, 5) is 24.6. The fraction of sp³-hybridized carbons (Fsp3) is 0.967. The minimum atomic E-state index is -0.668. The summed E-state index contributed by atoms with van der Waals surface area (Å²) >= 11 is 0. The van der Waals surface area contributed by atoms with Gasteiger partial charge >= 0.3 is 5.97 Å². The maximum absolute atomic E-state index is 12.5. The first-order valence-corrected chi connectivity index (χ1v) is 30.3. The van der Waals surface area contributed by atoms with Crippen molar-refractivity contribution in [3.8, 4) is 0 Å². The van der Waals surface area contributed by atoms with Crippen LogP contribution < -0.4 is 5.32 Å². The van der Waals surface area contributed by atoms with Crippen LogP contribution in [0.4, 0.5) is 0 Å². The van der Waals surface area contributed by atoms with Crippen molar-refractivity contribution in [1.29, 1.82) is 0 Å². The third kappa shape index (κ3) is 52.2. The lowest BCUT2D eigenvalue weighted by Crippen LogP contribution is -2.45. The predicted octanol–water partition coefficient (Wildman–Crippen LogP) is 18.7. The van der Waals surface area contributed by atoms with E-state index in [0.717, 1.165) is 38.5 Å². The van der Waals surface area contributed by atoms with Crippen LogP contribution in [-0.4, -0.2) is 47.4 Å². The van der Waals surface area contributed by atoms with Crippen LogP contribution in [0, 0.1) is 0 Å². The molecule has 0 saturated carbocycles. The molecule has 0 heterocycles. The molecule has 0 fully saturated rings. The summed E-state index contributed by atoms with van der Waals surface area (Å²) < 4.78 is 5.48. The summed E-state index contributed by atoms with van der Waals surface area (Å²) in [7, 11) is 0. The summed E-state index contributed by atoms with van der Waals surface area (Å²) in [5.41, 5.74) is 0. The molecule has 0 bridgehead atoms. The van der Waals surface area contributed by atoms with E-state index in [9.17, 15) is 19.8 Å². The van der Waals surface area contributed by atoms with Crippen molar-refractivity contribution in [1.82, 2.24) is 5.32 Å². The molecule has 2 unspecified atom stereocenters. The molecule has 0 spiro atoms. The van der Waals surface area contributed by atoms with E-state index in [4.69, 9.17) is 4.74 Å². The fourth-order valence-corrected chi connectivity index (χ4v) is 9.76. The molecule has 0 aliphatic heterocycles. The minimum Gasteiger partial charge on any atom is -0.466 e. The third-order valence-corrected chi connectivity index (χ3v) is 14.4. The topological polar surface area (TPSA) is 95.9 Å². The molecule has 1 amide bonds. The summed E-state index contributed by atoms with van der Waals surface area (Å²) in [5.74, 6) is -0.0304. The highest BCUT2D eigenvalue weighted by atomic mass is 16.5. The Morgan fingerprint density at radius 2 is 0.621 bits per heavy atom. The molecule has 0 rings (SSSR count). The van der Waals surface area contributed by atoms with Crippen molar-refractivity contribution in [3.63, 3.8) is 0 Å². The summed E-state index contributed by atoms with van der Waals surface area (Å²) in [6.07, 6.45) is 65.2. The number of hydrogen-bond acceptors (Lipinski definition) is 5. The number of unbranched alkanes of at least 4 members (excludes halogenated alkanes) is 46. The molecule has 0 aliphatic rings. The van der Waals surface area contributed by atoms with Crippen molar-refractivity contribution in [2.75, 3.05) is 13.2 Å². The quantitative estimate of drug-likeness (QED) is 0.0417. The van der Waals surface area contributed by atoms with Gasteiger partial charge in [-0.2, -0.15) is 0 Å². The Balaban J connectivity index is 3.40. The molecular weight excluding hydrogens is 815 g/mol. The average molecular weight is 935 g/mol. The first kappa shape index (κ1) is 64.9. The number of amides is 1. The molecule has 2 atom stereocenters. The molecule has 66 heavy (non-hydrogen) atoms. The van der Waals surface area contributed by atoms with Gasteiger partial charge in [0, 0.05) is 12.8 Å². The van der Waals surface area contributed by atoms with Crippen molar-refractivity contribution >= 4 is 11.9 Å². The van der Waals surface area contributed by atoms with E-state index in [1.165, 1.54) is 276 Å². The Labute approximate surface area is 413 Å². The molecule has 0 aromatic rings. The van der Waals surface area contributed by atoms with Gasteiger partial charge in [0.05, 0.1) is 25.4 Å². The molecule has 6 heteroatoms. The molecule has 0 aliphatic carbocycles. The lowest BCUT2D eigenvalue weighted by molar-refractivity contribution is -0.143. The highest BCUT2D eigenvalue weighted by Gasteiger charge is 2.20. The zero-order valence-corrected chi connectivity index (χ0v) is 45.0. The average Bonchev–Trinajstić information content (AvgIpc) is 3.32. The summed E-state index contributed by atoms with van der Waals surface area (Å²) in [5, 5.41) is 23.3. The third-order valence-electron chi connectivity index (χ3n) is 14.4. The second kappa shape index (κ2) is 56.4. The van der Waals surface area contributed by atoms with Crippen LogP contribution in [0.2, 0.25) is 0 Å². The normalized spacial score (nSPS) is 12.5. The van der Waals surface area contributed by atoms with E-state index >= 15 is 0 Å². The molecule has 0 aromatic carbocycles. The number of aliphatic hydroxyl groups is 2. The van der Waals surface area contributed by atoms with Gasteiger partial charge in [-0.3, -0.25) is 9.59 Å². The van der Waals surface area contributed by atoms with Gasteiger partial charge in [0.1, 0.15) is 0 Å². The first-order valence-electron chi connectivity index (χ1n) is 30.3. The Hall–Kier alpha value is -1.14. The second-order valence-corrected chi connectivity index (χ2v) is 21.1. The van der Waals surface area contributed by atoms with Gasteiger partial charge in [0.25, 0.3) is 0 Å². The largest absolute Gasteiger partial charge is 0.466 e. The smallest absolute Gasteiger partial charge is 0.305 e. The van der Waals surface area contributed by atoms with E-state index in [2.05, 4.69) is 19.2 Å². The van der Waals surface area contributed by atoms with Crippen LogP contribution >= 0.6 is 0 Å². The lowest BCUT2D eigenvalue weighted by Gasteiger charge is -2.22. The fourth-order valence-electron chi connectivity index (χ4n) is 9.76. The number of ether oxygens (including phenoxy) is 1. The minimum absolute atomic E-state index is 0.00732. The number of carbonyl (C=O) groups is 2. The van der Waals surface area contributed by atoms with E-state index in [0.29, 0.717) is 25.9 Å². The van der Waals surface area contributed by atoms with Crippen molar-refractivity contribution in [3.05, 3.63) is 0 Å². The van der Waals surface area contributed by atoms with Crippen LogP contribution in [0.15, 0.2) is 0 Å². The predicted molar refractivity (Wildman–Crippen MR) is 287 cm³/mol. The molecule has 0 aromatic heterocycles. The van der Waals surface area contributed by atoms with Gasteiger partial charge in [0.15, 0.2) is 0 Å². The number of aliphatic hydroxyl groups excluding tert-OH is 2. The Morgan fingerprint density at radius 3 is 0.924 bits per heavy atom. The van der Waals surface area contributed by atoms with Crippen LogP contribution in [0.3, 0.4) is 0 Å². The van der Waals surface area contributed by atoms with E-state index in [-0.39, 0.29) is 18.5 Å². The Kier molecular flexibility index (Phi) is 55.5. The van der Waals surface area contributed by atoms with Crippen molar-refractivity contribution in [2.24, 2.45) is 0 Å². The van der Waals surface area contributed by atoms with Gasteiger partial charge in [0.2, 0.25) is 5.91 Å². The maximum atomic E-state index is 12.5. The van der Waals surface area contributed by atoms with Crippen LogP contribution in [-0.2, 0) is 14.3 Å². The van der Waals surface area contributed by atoms with Crippen LogP contribution in [0.5, 0.6) is 0 Å². The maximum Gasteiger partial charge on any atom is 0.305 e. The zero-order chi connectivity index (χ0) is 47.9. The van der Waals surface area contributed by atoms with Gasteiger partial charge in [-0.25, -0.2) is 0 Å². The number of nitrogens with one attached hydrogen (secondary N) is 1. The highest BCUT2D eigenvalue weighted by Crippen LogP contribution is 2.18. The first-order chi connectivity index (χ1) is 32.5. The number of carbonyl (C=O) groups excluding carboxylic acids is 2. The monoisotopic (exact) mass is 934 g/mol. The number of rotatable bonds is 57. The van der Waals surface area contributed by atoms with Crippen molar-refractivity contribution < 1.29 is 24.5 Å². The van der Waals surface area contributed by atoms with Gasteiger partial charge < -0.3 is 20.3 Å². The molecule has 6 nitrogen and oxygen atoms in total. The van der Waals surface area contributed by atoms with Gasteiger partial charge in [-0.1, -0.05) is 309 Å². The Bertz CT molecular complexity index is 944. The van der Waals surface area contributed by atoms with Crippen LogP contribution in [0.1, 0.15) is 348 Å². The summed E-state index contributed by atoms with van der Waals surface area (Å²) in [6.45, 7) is 4.97. The molecule has 394 valence electrons. The lowest BCUT2D eigenvalue weighted by atomic mass is 10.0. The second-order valence-electron chi connectivity index (χ2n) is 21.1. The Morgan fingerprint density at radius 1 is 0.364 bits per heavy atom. The standard InChI is InChI=1S/C60H119NO5/c1-3-5-7-9-11-13-15-17-19-20-21-25-28-32-36-40-44-48-52-58(63)57(56-62)61-59(64)53-49-45-41-37-33-29-26-22-23-27-31-35-39-43-47-51-55-66-60(65)54-50-46-42-38-34-30-24-18-16-14-12-10-8-6-4-2/h57-58,62-63H,3-56H2,1-2H3,(H,61,64). The highest BCUT2D eigenvalue weighted by molar-refractivity contribution is 5.76. The molecular formula is C60H119NO5. The number of hydrogen-bond donors (Lipinski definition) is 3. The summed E-state index contributed by atoms with van der Waals surface area (Å²) in [6, 6.07) is -0.545. The van der Waals surface area contributed by atoms with E-state index in [1.807, 2.05) is 0 Å². The molecule has 0 saturated heterocycles. The van der Waals surface area contributed by atoms with Crippen LogP contribution in [0.25, 0.3) is 0 Å². The molecule has 3 N–H and O–H groups in total. The molecule has 0 radical (unpaired) electrons. The van der Waals surface area contributed by atoms with Gasteiger partial charge in [-0.05, 0) is 25.7 Å². The van der Waals surface area contributed by atoms with Crippen molar-refractivity contribution in [2.45, 2.75) is 360 Å². The van der Waals surface area contributed by atoms with E-state index < -0.39 is 12.1 Å². The van der Waals surface area contributed by atoms with E-state index in [1.54, 1.807) is 0 Å². The van der Waals surface area contributed by atoms with Gasteiger partial charge in [-0.15, -0.1) is 0 Å².